The van der Waals surface area contributed by atoms with Crippen LogP contribution in [0.25, 0.3) is 0 Å². The molecule has 2 amide bonds. The van der Waals surface area contributed by atoms with Crippen molar-refractivity contribution in [2.75, 3.05) is 25.1 Å². The minimum atomic E-state index is -0.945. The zero-order chi connectivity index (χ0) is 14.6. The first-order chi connectivity index (χ1) is 9.52. The van der Waals surface area contributed by atoms with Gasteiger partial charge in [0.1, 0.15) is 0 Å². The Labute approximate surface area is 127 Å². The van der Waals surface area contributed by atoms with E-state index >= 15 is 0 Å². The first kappa shape index (κ1) is 15.2. The largest absolute Gasteiger partial charge is 0.481 e. The maximum absolute atomic E-state index is 11.7. The number of carbonyl (C=O) groups excluding carboxylic acids is 1. The highest BCUT2D eigenvalue weighted by molar-refractivity contribution is 9.11. The second kappa shape index (κ2) is 6.51. The topological polar surface area (TPSA) is 101 Å². The molecule has 0 saturated carbocycles. The Balaban J connectivity index is 1.89. The summed E-state index contributed by atoms with van der Waals surface area (Å²) < 4.78 is 5.98. The Morgan fingerprint density at radius 3 is 2.75 bits per heavy atom. The van der Waals surface area contributed by atoms with Crippen LogP contribution in [-0.2, 0) is 9.53 Å². The number of anilines is 1. The van der Waals surface area contributed by atoms with Gasteiger partial charge in [-0.3, -0.25) is 10.1 Å². The molecule has 1 aliphatic heterocycles. The van der Waals surface area contributed by atoms with E-state index in [0.717, 1.165) is 3.79 Å². The van der Waals surface area contributed by atoms with Crippen LogP contribution in [0.1, 0.15) is 12.8 Å². The smallest absolute Gasteiger partial charge is 0.321 e. The molecule has 7 nitrogen and oxygen atoms in total. The summed E-state index contributed by atoms with van der Waals surface area (Å²) in [7, 11) is 0. The van der Waals surface area contributed by atoms with Gasteiger partial charge in [0, 0.05) is 19.8 Å². The van der Waals surface area contributed by atoms with Crippen LogP contribution in [0.5, 0.6) is 0 Å². The van der Waals surface area contributed by atoms with Crippen LogP contribution in [0, 0.1) is 5.41 Å². The highest BCUT2D eigenvalue weighted by atomic mass is 79.9. The molecular weight excluding hydrogens is 350 g/mol. The van der Waals surface area contributed by atoms with E-state index in [2.05, 4.69) is 31.5 Å². The van der Waals surface area contributed by atoms with Crippen molar-refractivity contribution in [1.82, 2.24) is 10.3 Å². The van der Waals surface area contributed by atoms with Crippen molar-refractivity contribution in [1.29, 1.82) is 0 Å². The van der Waals surface area contributed by atoms with Crippen LogP contribution >= 0.6 is 27.3 Å². The van der Waals surface area contributed by atoms with E-state index in [9.17, 15) is 14.7 Å². The average molecular weight is 364 g/mol. The van der Waals surface area contributed by atoms with Gasteiger partial charge >= 0.3 is 12.0 Å². The molecule has 110 valence electrons. The Kier molecular flexibility index (Phi) is 4.95. The number of amides is 2. The molecular formula is C11H14BrN3O4S. The second-order valence-corrected chi connectivity index (χ2v) is 6.88. The number of rotatable bonds is 4. The normalized spacial score (nSPS) is 17.4. The molecule has 3 N–H and O–H groups in total. The Bertz CT molecular complexity index is 502. The van der Waals surface area contributed by atoms with Crippen LogP contribution in [0.3, 0.4) is 0 Å². The summed E-state index contributed by atoms with van der Waals surface area (Å²) in [6.07, 6.45) is 2.37. The third-order valence-corrected chi connectivity index (χ3v) is 4.58. The minimum Gasteiger partial charge on any atom is -0.481 e. The van der Waals surface area contributed by atoms with Crippen molar-refractivity contribution in [2.45, 2.75) is 12.8 Å². The fourth-order valence-corrected chi connectivity index (χ4v) is 3.03. The maximum atomic E-state index is 11.7. The molecule has 1 aromatic heterocycles. The molecule has 1 saturated heterocycles. The number of hydrogen-bond donors (Lipinski definition) is 3. The fraction of sp³-hybridized carbons (Fsp3) is 0.545. The highest BCUT2D eigenvalue weighted by Crippen LogP contribution is 2.30. The molecule has 1 fully saturated rings. The number of urea groups is 1. The number of ether oxygens (including phenoxy) is 1. The quantitative estimate of drug-likeness (QED) is 0.758. The zero-order valence-corrected chi connectivity index (χ0v) is 12.9. The van der Waals surface area contributed by atoms with Crippen molar-refractivity contribution in [3.8, 4) is 0 Å². The number of aliphatic carboxylic acids is 1. The molecule has 0 spiro atoms. The van der Waals surface area contributed by atoms with Gasteiger partial charge in [0.25, 0.3) is 0 Å². The summed E-state index contributed by atoms with van der Waals surface area (Å²) in [6.45, 7) is 0.869. The lowest BCUT2D eigenvalue weighted by atomic mass is 9.80. The SMILES string of the molecule is O=C(NCC1(C(=O)O)CCOCC1)Nc1ncc(Br)s1. The second-order valence-electron chi connectivity index (χ2n) is 4.48. The number of hydrogen-bond acceptors (Lipinski definition) is 5. The maximum Gasteiger partial charge on any atom is 0.321 e. The van der Waals surface area contributed by atoms with Crippen molar-refractivity contribution >= 4 is 44.4 Å². The summed E-state index contributed by atoms with van der Waals surface area (Å²) in [5, 5.41) is 15.0. The van der Waals surface area contributed by atoms with E-state index in [1.165, 1.54) is 11.3 Å². The molecule has 20 heavy (non-hydrogen) atoms. The van der Waals surface area contributed by atoms with E-state index in [1.54, 1.807) is 6.20 Å². The van der Waals surface area contributed by atoms with Crippen molar-refractivity contribution < 1.29 is 19.4 Å². The molecule has 0 aliphatic carbocycles. The Morgan fingerprint density at radius 1 is 1.50 bits per heavy atom. The van der Waals surface area contributed by atoms with E-state index in [4.69, 9.17) is 4.74 Å². The van der Waals surface area contributed by atoms with Gasteiger partial charge in [-0.05, 0) is 28.8 Å². The van der Waals surface area contributed by atoms with Crippen LogP contribution in [0.15, 0.2) is 9.98 Å². The van der Waals surface area contributed by atoms with E-state index in [-0.39, 0.29) is 6.54 Å². The van der Waals surface area contributed by atoms with E-state index < -0.39 is 17.4 Å². The lowest BCUT2D eigenvalue weighted by Crippen LogP contribution is -2.47. The first-order valence-corrected chi connectivity index (χ1v) is 7.60. The molecule has 1 aliphatic rings. The fourth-order valence-electron chi connectivity index (χ4n) is 1.93. The number of nitrogens with zero attached hydrogens (tertiary/aromatic N) is 1. The van der Waals surface area contributed by atoms with Gasteiger partial charge in [-0.25, -0.2) is 9.78 Å². The highest BCUT2D eigenvalue weighted by Gasteiger charge is 2.40. The zero-order valence-electron chi connectivity index (χ0n) is 10.5. The lowest BCUT2D eigenvalue weighted by molar-refractivity contribution is -0.154. The van der Waals surface area contributed by atoms with Crippen molar-refractivity contribution in [3.05, 3.63) is 9.98 Å². The van der Waals surface area contributed by atoms with E-state index in [1.807, 2.05) is 0 Å². The van der Waals surface area contributed by atoms with Crippen LogP contribution in [-0.4, -0.2) is 41.8 Å². The predicted molar refractivity (Wildman–Crippen MR) is 77.0 cm³/mol. The summed E-state index contributed by atoms with van der Waals surface area (Å²) in [4.78, 5) is 27.1. The molecule has 2 heterocycles. The van der Waals surface area contributed by atoms with Crippen LogP contribution in [0.2, 0.25) is 0 Å². The molecule has 0 radical (unpaired) electrons. The van der Waals surface area contributed by atoms with Gasteiger partial charge in [-0.15, -0.1) is 0 Å². The number of halogens is 1. The van der Waals surface area contributed by atoms with E-state index in [0.29, 0.717) is 31.2 Å². The monoisotopic (exact) mass is 363 g/mol. The number of thiazole rings is 1. The predicted octanol–water partition coefficient (Wildman–Crippen LogP) is 1.91. The number of nitrogens with one attached hydrogen (secondary N) is 2. The number of aromatic nitrogens is 1. The van der Waals surface area contributed by atoms with Gasteiger partial charge in [0.2, 0.25) is 0 Å². The van der Waals surface area contributed by atoms with Gasteiger partial charge in [-0.2, -0.15) is 0 Å². The van der Waals surface area contributed by atoms with Crippen LogP contribution < -0.4 is 10.6 Å². The number of carboxylic acids is 1. The summed E-state index contributed by atoms with van der Waals surface area (Å²) in [6, 6.07) is -0.459. The molecule has 0 atom stereocenters. The van der Waals surface area contributed by atoms with Crippen molar-refractivity contribution in [2.24, 2.45) is 5.41 Å². The molecule has 2 rings (SSSR count). The molecule has 0 aromatic carbocycles. The standard InChI is InChI=1S/C11H14BrN3O4S/c12-7-5-13-10(20-7)15-9(18)14-6-11(8(16)17)1-3-19-4-2-11/h5H,1-4,6H2,(H,16,17)(H2,13,14,15,18). The third kappa shape index (κ3) is 3.68. The van der Waals surface area contributed by atoms with Gasteiger partial charge in [0.15, 0.2) is 5.13 Å². The summed E-state index contributed by atoms with van der Waals surface area (Å²) in [5.41, 5.74) is -0.945. The lowest BCUT2D eigenvalue weighted by Gasteiger charge is -2.33. The minimum absolute atomic E-state index is 0.0735. The molecule has 9 heteroatoms. The number of carboxylic acid groups (broad SMARTS) is 1. The third-order valence-electron chi connectivity index (χ3n) is 3.19. The first-order valence-electron chi connectivity index (χ1n) is 5.99. The van der Waals surface area contributed by atoms with Crippen molar-refractivity contribution in [3.63, 3.8) is 0 Å². The molecule has 0 bridgehead atoms. The Hall–Kier alpha value is -1.19. The average Bonchev–Trinajstić information content (AvgIpc) is 2.83. The summed E-state index contributed by atoms with van der Waals surface area (Å²) in [5.74, 6) is -0.905. The van der Waals surface area contributed by atoms with Gasteiger partial charge in [-0.1, -0.05) is 11.3 Å². The van der Waals surface area contributed by atoms with Gasteiger partial charge in [0.05, 0.1) is 15.4 Å². The molecule has 0 unspecified atom stereocenters. The Morgan fingerprint density at radius 2 is 2.20 bits per heavy atom. The van der Waals surface area contributed by atoms with Gasteiger partial charge < -0.3 is 15.2 Å². The van der Waals surface area contributed by atoms with Crippen LogP contribution in [0.4, 0.5) is 9.93 Å². The molecule has 1 aromatic rings. The summed E-state index contributed by atoms with van der Waals surface area (Å²) >= 11 is 4.52. The number of carbonyl (C=O) groups is 2.